The van der Waals surface area contributed by atoms with Gasteiger partial charge in [-0.3, -0.25) is 0 Å². The van der Waals surface area contributed by atoms with E-state index in [-0.39, 0.29) is 6.04 Å². The van der Waals surface area contributed by atoms with Crippen molar-refractivity contribution in [3.63, 3.8) is 0 Å². The normalized spacial score (nSPS) is 16.8. The van der Waals surface area contributed by atoms with E-state index in [9.17, 15) is 0 Å². The summed E-state index contributed by atoms with van der Waals surface area (Å²) in [5.41, 5.74) is 3.64. The van der Waals surface area contributed by atoms with Crippen LogP contribution in [0.3, 0.4) is 0 Å². The molecular formula is C18H21NO3. The fourth-order valence-electron chi connectivity index (χ4n) is 3.07. The van der Waals surface area contributed by atoms with Gasteiger partial charge in [-0.1, -0.05) is 18.2 Å². The second-order valence-corrected chi connectivity index (χ2v) is 5.29. The van der Waals surface area contributed by atoms with Gasteiger partial charge in [0.15, 0.2) is 11.5 Å². The number of hydrogen-bond donors (Lipinski definition) is 1. The van der Waals surface area contributed by atoms with E-state index in [1.54, 1.807) is 21.3 Å². The van der Waals surface area contributed by atoms with Crippen LogP contribution in [0.2, 0.25) is 0 Å². The van der Waals surface area contributed by atoms with Gasteiger partial charge < -0.3 is 19.5 Å². The van der Waals surface area contributed by atoms with Gasteiger partial charge in [-0.05, 0) is 35.7 Å². The van der Waals surface area contributed by atoms with Gasteiger partial charge in [0.1, 0.15) is 5.75 Å². The van der Waals surface area contributed by atoms with Crippen molar-refractivity contribution in [3.8, 4) is 17.2 Å². The average molecular weight is 299 g/mol. The van der Waals surface area contributed by atoms with Crippen molar-refractivity contribution in [2.24, 2.45) is 0 Å². The minimum atomic E-state index is 0.0970. The van der Waals surface area contributed by atoms with E-state index < -0.39 is 0 Å². The van der Waals surface area contributed by atoms with Crippen LogP contribution in [0.25, 0.3) is 0 Å². The predicted octanol–water partition coefficient (Wildman–Crippen LogP) is 2.95. The molecule has 0 spiro atoms. The number of ether oxygens (including phenoxy) is 3. The van der Waals surface area contributed by atoms with Crippen LogP contribution < -0.4 is 19.5 Å². The molecule has 4 nitrogen and oxygen atoms in total. The zero-order valence-electron chi connectivity index (χ0n) is 13.2. The third-order valence-corrected chi connectivity index (χ3v) is 4.15. The van der Waals surface area contributed by atoms with Crippen molar-refractivity contribution in [2.75, 3.05) is 27.9 Å². The molecule has 22 heavy (non-hydrogen) atoms. The van der Waals surface area contributed by atoms with Crippen LogP contribution in [0.5, 0.6) is 17.2 Å². The summed E-state index contributed by atoms with van der Waals surface area (Å²) in [7, 11) is 5.04. The van der Waals surface area contributed by atoms with Gasteiger partial charge in [-0.2, -0.15) is 0 Å². The highest BCUT2D eigenvalue weighted by Gasteiger charge is 2.25. The van der Waals surface area contributed by atoms with Crippen molar-refractivity contribution < 1.29 is 14.2 Å². The Hall–Kier alpha value is -2.20. The van der Waals surface area contributed by atoms with Crippen LogP contribution in [0.4, 0.5) is 0 Å². The maximum absolute atomic E-state index is 5.52. The molecule has 4 heteroatoms. The van der Waals surface area contributed by atoms with E-state index in [4.69, 9.17) is 14.2 Å². The van der Waals surface area contributed by atoms with E-state index in [2.05, 4.69) is 23.5 Å². The topological polar surface area (TPSA) is 39.7 Å². The molecule has 0 amide bonds. The minimum Gasteiger partial charge on any atom is -0.496 e. The lowest BCUT2D eigenvalue weighted by Crippen LogP contribution is -2.31. The first kappa shape index (κ1) is 14.7. The molecule has 116 valence electrons. The Balaban J connectivity index is 2.11. The van der Waals surface area contributed by atoms with Gasteiger partial charge in [0.25, 0.3) is 0 Å². The number of rotatable bonds is 4. The molecule has 1 aliphatic heterocycles. The monoisotopic (exact) mass is 299 g/mol. The molecule has 0 radical (unpaired) electrons. The molecule has 1 unspecified atom stereocenters. The Kier molecular flexibility index (Phi) is 4.20. The van der Waals surface area contributed by atoms with Gasteiger partial charge in [0, 0.05) is 12.1 Å². The second-order valence-electron chi connectivity index (χ2n) is 5.29. The molecule has 0 saturated carbocycles. The van der Waals surface area contributed by atoms with E-state index in [1.807, 2.05) is 18.2 Å². The van der Waals surface area contributed by atoms with Crippen molar-refractivity contribution in [2.45, 2.75) is 12.5 Å². The molecule has 1 heterocycles. The summed E-state index contributed by atoms with van der Waals surface area (Å²) in [6.45, 7) is 0.922. The quantitative estimate of drug-likeness (QED) is 0.942. The fraction of sp³-hybridized carbons (Fsp3) is 0.333. The Morgan fingerprint density at radius 1 is 0.864 bits per heavy atom. The largest absolute Gasteiger partial charge is 0.496 e. The molecule has 0 aliphatic carbocycles. The number of nitrogens with one attached hydrogen (secondary N) is 1. The molecule has 3 rings (SSSR count). The summed E-state index contributed by atoms with van der Waals surface area (Å²) >= 11 is 0. The molecule has 0 bridgehead atoms. The maximum Gasteiger partial charge on any atom is 0.161 e. The van der Waals surface area contributed by atoms with Gasteiger partial charge in [0.05, 0.1) is 27.4 Å². The van der Waals surface area contributed by atoms with Gasteiger partial charge >= 0.3 is 0 Å². The summed E-state index contributed by atoms with van der Waals surface area (Å²) in [4.78, 5) is 0. The van der Waals surface area contributed by atoms with Gasteiger partial charge in [0.2, 0.25) is 0 Å². The molecule has 1 N–H and O–H groups in total. The highest BCUT2D eigenvalue weighted by molar-refractivity contribution is 5.53. The molecule has 0 aromatic heterocycles. The van der Waals surface area contributed by atoms with E-state index in [1.165, 1.54) is 11.1 Å². The highest BCUT2D eigenvalue weighted by Crippen LogP contribution is 2.39. The predicted molar refractivity (Wildman–Crippen MR) is 86.1 cm³/mol. The third kappa shape index (κ3) is 2.50. The molecule has 2 aromatic rings. The number of methoxy groups -OCH3 is 3. The number of fused-ring (bicyclic) bond motifs is 1. The molecular weight excluding hydrogens is 278 g/mol. The van der Waals surface area contributed by atoms with Crippen LogP contribution in [-0.2, 0) is 6.42 Å². The van der Waals surface area contributed by atoms with Crippen LogP contribution >= 0.6 is 0 Å². The van der Waals surface area contributed by atoms with Crippen LogP contribution in [-0.4, -0.2) is 27.9 Å². The molecule has 1 aliphatic rings. The number of para-hydroxylation sites is 1. The first-order chi connectivity index (χ1) is 10.8. The van der Waals surface area contributed by atoms with Crippen LogP contribution in [0.1, 0.15) is 22.7 Å². The Bertz CT molecular complexity index is 669. The zero-order chi connectivity index (χ0) is 15.5. The lowest BCUT2D eigenvalue weighted by Gasteiger charge is -2.29. The number of benzene rings is 2. The van der Waals surface area contributed by atoms with Crippen molar-refractivity contribution in [1.29, 1.82) is 0 Å². The maximum atomic E-state index is 5.52. The van der Waals surface area contributed by atoms with Crippen molar-refractivity contribution >= 4 is 0 Å². The Morgan fingerprint density at radius 3 is 2.27 bits per heavy atom. The summed E-state index contributed by atoms with van der Waals surface area (Å²) in [6, 6.07) is 12.4. The standard InChI is InChI=1S/C18H21NO3/c1-20-15-7-5-4-6-13(15)18-14-11-17(22-3)16(21-2)10-12(14)8-9-19-18/h4-7,10-11,18-19H,8-9H2,1-3H3. The fourth-order valence-corrected chi connectivity index (χ4v) is 3.07. The van der Waals surface area contributed by atoms with E-state index in [0.717, 1.165) is 35.8 Å². The van der Waals surface area contributed by atoms with Gasteiger partial charge in [-0.25, -0.2) is 0 Å². The Morgan fingerprint density at radius 2 is 1.55 bits per heavy atom. The lowest BCUT2D eigenvalue weighted by atomic mass is 9.89. The minimum absolute atomic E-state index is 0.0970. The lowest BCUT2D eigenvalue weighted by molar-refractivity contribution is 0.352. The average Bonchev–Trinajstić information content (AvgIpc) is 2.59. The molecule has 0 saturated heterocycles. The summed E-state index contributed by atoms with van der Waals surface area (Å²) < 4.78 is 16.4. The number of hydrogen-bond acceptors (Lipinski definition) is 4. The van der Waals surface area contributed by atoms with Gasteiger partial charge in [-0.15, -0.1) is 0 Å². The van der Waals surface area contributed by atoms with Crippen LogP contribution in [0.15, 0.2) is 36.4 Å². The second kappa shape index (κ2) is 6.28. The summed E-state index contributed by atoms with van der Waals surface area (Å²) in [6.07, 6.45) is 0.974. The molecule has 2 aromatic carbocycles. The van der Waals surface area contributed by atoms with Crippen molar-refractivity contribution in [3.05, 3.63) is 53.1 Å². The van der Waals surface area contributed by atoms with E-state index in [0.29, 0.717) is 0 Å². The third-order valence-electron chi connectivity index (χ3n) is 4.15. The molecule has 1 atom stereocenters. The smallest absolute Gasteiger partial charge is 0.161 e. The summed E-state index contributed by atoms with van der Waals surface area (Å²) in [5, 5.41) is 3.58. The summed E-state index contributed by atoms with van der Waals surface area (Å²) in [5.74, 6) is 2.43. The van der Waals surface area contributed by atoms with Crippen molar-refractivity contribution in [1.82, 2.24) is 5.32 Å². The zero-order valence-corrected chi connectivity index (χ0v) is 13.2. The molecule has 0 fully saturated rings. The first-order valence-corrected chi connectivity index (χ1v) is 7.39. The van der Waals surface area contributed by atoms with Crippen LogP contribution in [0, 0.1) is 0 Å². The Labute approximate surface area is 131 Å². The first-order valence-electron chi connectivity index (χ1n) is 7.39. The van der Waals surface area contributed by atoms with E-state index >= 15 is 0 Å². The SMILES string of the molecule is COc1cc2c(cc1OC)C(c1ccccc1OC)NCC2. The highest BCUT2D eigenvalue weighted by atomic mass is 16.5.